The predicted molar refractivity (Wildman–Crippen MR) is 53.8 cm³/mol. The van der Waals surface area contributed by atoms with Crippen LogP contribution in [0.15, 0.2) is 35.3 Å². The number of hydrogen-bond acceptors (Lipinski definition) is 2. The molecular weight excluding hydrogens is 166 g/mol. The molecule has 0 aliphatic carbocycles. The largest absolute Gasteiger partial charge is 0.271 e. The molecule has 0 spiro atoms. The minimum atomic E-state index is 0.456. The molecule has 0 bridgehead atoms. The van der Waals surface area contributed by atoms with Crippen molar-refractivity contribution in [1.82, 2.24) is 0 Å². The van der Waals surface area contributed by atoms with E-state index >= 15 is 0 Å². The predicted octanol–water partition coefficient (Wildman–Crippen LogP) is 2.25. The summed E-state index contributed by atoms with van der Waals surface area (Å²) < 4.78 is 0. The number of thioether (sulfide) groups is 1. The van der Waals surface area contributed by atoms with Crippen molar-refractivity contribution in [2.45, 2.75) is 12.5 Å². The average Bonchev–Trinajstić information content (AvgIpc) is 2.59. The third kappa shape index (κ3) is 1.89. The maximum atomic E-state index is 4.24. The molecule has 1 radical (unpaired) electrons. The number of rotatable bonds is 2. The molecule has 1 nitrogen and oxygen atoms in total. The highest BCUT2D eigenvalue weighted by Crippen LogP contribution is 2.15. The van der Waals surface area contributed by atoms with E-state index in [9.17, 15) is 0 Å². The van der Waals surface area contributed by atoms with Crippen LogP contribution in [0.4, 0.5) is 0 Å². The second-order valence-electron chi connectivity index (χ2n) is 2.87. The van der Waals surface area contributed by atoms with Gasteiger partial charge in [-0.15, -0.1) is 11.8 Å². The van der Waals surface area contributed by atoms with Gasteiger partial charge in [0.15, 0.2) is 0 Å². The normalized spacial score (nSPS) is 21.5. The molecule has 0 unspecified atom stereocenters. The number of hydrogen-bond donors (Lipinski definition) is 0. The molecule has 0 saturated carbocycles. The van der Waals surface area contributed by atoms with Gasteiger partial charge >= 0.3 is 0 Å². The van der Waals surface area contributed by atoms with Crippen LogP contribution in [0, 0.1) is 0 Å². The van der Waals surface area contributed by atoms with Gasteiger partial charge in [-0.05, 0) is 12.0 Å². The Morgan fingerprint density at radius 3 is 2.92 bits per heavy atom. The van der Waals surface area contributed by atoms with E-state index in [4.69, 9.17) is 0 Å². The zero-order chi connectivity index (χ0) is 8.23. The van der Waals surface area contributed by atoms with Crippen LogP contribution in [0.2, 0.25) is 0 Å². The van der Waals surface area contributed by atoms with Crippen molar-refractivity contribution < 1.29 is 0 Å². The van der Waals surface area contributed by atoms with Crippen molar-refractivity contribution in [3.05, 3.63) is 35.9 Å². The van der Waals surface area contributed by atoms with Crippen LogP contribution in [0.3, 0.4) is 0 Å². The maximum absolute atomic E-state index is 4.24. The monoisotopic (exact) mass is 176 g/mol. The summed E-state index contributed by atoms with van der Waals surface area (Å²) in [5, 5.41) is 0. The maximum Gasteiger partial charge on any atom is 0.123 e. The molecule has 1 aromatic rings. The van der Waals surface area contributed by atoms with Gasteiger partial charge in [0.2, 0.25) is 0 Å². The summed E-state index contributed by atoms with van der Waals surface area (Å²) >= 11 is 1.68. The lowest BCUT2D eigenvalue weighted by atomic mass is 10.1. The molecule has 0 fully saturated rings. The highest BCUT2D eigenvalue weighted by molar-refractivity contribution is 8.12. The van der Waals surface area contributed by atoms with Gasteiger partial charge in [-0.25, -0.2) is 0 Å². The first kappa shape index (κ1) is 7.87. The summed E-state index contributed by atoms with van der Waals surface area (Å²) in [5.74, 6) is 1.09. The van der Waals surface area contributed by atoms with Crippen molar-refractivity contribution in [2.24, 2.45) is 4.99 Å². The van der Waals surface area contributed by atoms with Crippen LogP contribution >= 0.6 is 11.8 Å². The van der Waals surface area contributed by atoms with Crippen LogP contribution in [-0.4, -0.2) is 17.3 Å². The Balaban J connectivity index is 1.99. The summed E-state index contributed by atoms with van der Waals surface area (Å²) in [6.45, 7) is 0. The number of aliphatic imine (C=N–C) groups is 1. The molecule has 0 saturated heterocycles. The van der Waals surface area contributed by atoms with Crippen molar-refractivity contribution in [1.29, 1.82) is 0 Å². The Morgan fingerprint density at radius 2 is 2.25 bits per heavy atom. The number of nitrogens with zero attached hydrogens (tertiary/aromatic N) is 1. The summed E-state index contributed by atoms with van der Waals surface area (Å²) in [5.41, 5.74) is 4.31. The van der Waals surface area contributed by atoms with Crippen molar-refractivity contribution >= 4 is 17.3 Å². The molecule has 1 atom stereocenters. The highest BCUT2D eigenvalue weighted by atomic mass is 32.2. The fourth-order valence-electron chi connectivity index (χ4n) is 1.27. The topological polar surface area (TPSA) is 12.4 Å². The molecule has 12 heavy (non-hydrogen) atoms. The van der Waals surface area contributed by atoms with Crippen molar-refractivity contribution in [3.8, 4) is 0 Å². The highest BCUT2D eigenvalue weighted by Gasteiger charge is 2.11. The molecule has 0 aromatic heterocycles. The Morgan fingerprint density at radius 1 is 1.42 bits per heavy atom. The lowest BCUT2D eigenvalue weighted by Crippen LogP contribution is -2.07. The van der Waals surface area contributed by atoms with Crippen LogP contribution < -0.4 is 0 Å². The molecule has 2 rings (SSSR count). The van der Waals surface area contributed by atoms with Crippen molar-refractivity contribution in [2.75, 3.05) is 5.75 Å². The van der Waals surface area contributed by atoms with Crippen LogP contribution in [0.25, 0.3) is 0 Å². The second kappa shape index (κ2) is 3.76. The van der Waals surface area contributed by atoms with E-state index in [-0.39, 0.29) is 0 Å². The van der Waals surface area contributed by atoms with E-state index in [0.717, 1.165) is 12.2 Å². The molecule has 1 aromatic carbocycles. The molecule has 0 N–H and O–H groups in total. The van der Waals surface area contributed by atoms with Gasteiger partial charge < -0.3 is 0 Å². The average molecular weight is 176 g/mol. The van der Waals surface area contributed by atoms with Gasteiger partial charge in [-0.3, -0.25) is 4.99 Å². The fraction of sp³-hybridized carbons (Fsp3) is 0.300. The zero-order valence-corrected chi connectivity index (χ0v) is 7.55. The van der Waals surface area contributed by atoms with Crippen LogP contribution in [0.1, 0.15) is 5.56 Å². The second-order valence-corrected chi connectivity index (χ2v) is 3.68. The lowest BCUT2D eigenvalue weighted by Gasteiger charge is -2.04. The minimum Gasteiger partial charge on any atom is -0.271 e. The SMILES string of the molecule is [C]1=N[C@@H](Cc2ccccc2)CS1. The Hall–Kier alpha value is -0.760. The third-order valence-corrected chi connectivity index (χ3v) is 2.68. The summed E-state index contributed by atoms with van der Waals surface area (Å²) in [6.07, 6.45) is 1.06. The van der Waals surface area contributed by atoms with Gasteiger partial charge in [-0.2, -0.15) is 0 Å². The van der Waals surface area contributed by atoms with E-state index in [2.05, 4.69) is 34.8 Å². The van der Waals surface area contributed by atoms with Gasteiger partial charge in [0.25, 0.3) is 0 Å². The first-order valence-corrected chi connectivity index (χ1v) is 5.04. The third-order valence-electron chi connectivity index (χ3n) is 1.89. The van der Waals surface area contributed by atoms with E-state index in [1.54, 1.807) is 11.8 Å². The first-order valence-electron chi connectivity index (χ1n) is 4.06. The summed E-state index contributed by atoms with van der Waals surface area (Å²) in [4.78, 5) is 4.24. The first-order chi connectivity index (χ1) is 5.95. The molecule has 2 heteroatoms. The van der Waals surface area contributed by atoms with Crippen molar-refractivity contribution in [3.63, 3.8) is 0 Å². The lowest BCUT2D eigenvalue weighted by molar-refractivity contribution is 0.764. The molecular formula is C10H10NS. The standard InChI is InChI=1S/C10H10NS/c1-2-4-9(5-3-1)6-10-7-12-8-11-10/h1-5,10H,6-7H2/t10-/m0/s1. The van der Waals surface area contributed by atoms with Crippen LogP contribution in [-0.2, 0) is 6.42 Å². The Bertz CT molecular complexity index is 268. The fourth-order valence-corrected chi connectivity index (χ4v) is 1.96. The molecule has 0 amide bonds. The molecule has 1 aliphatic heterocycles. The van der Waals surface area contributed by atoms with Gasteiger partial charge in [-0.1, -0.05) is 30.3 Å². The summed E-state index contributed by atoms with van der Waals surface area (Å²) in [6, 6.07) is 11.0. The quantitative estimate of drug-likeness (QED) is 0.673. The van der Waals surface area contributed by atoms with Gasteiger partial charge in [0, 0.05) is 5.75 Å². The van der Waals surface area contributed by atoms with E-state index < -0.39 is 0 Å². The van der Waals surface area contributed by atoms with E-state index in [1.165, 1.54) is 5.56 Å². The Labute approximate surface area is 76.9 Å². The Kier molecular flexibility index (Phi) is 2.47. The van der Waals surface area contributed by atoms with Crippen LogP contribution in [0.5, 0.6) is 0 Å². The van der Waals surface area contributed by atoms with Gasteiger partial charge in [0.1, 0.15) is 5.55 Å². The zero-order valence-electron chi connectivity index (χ0n) is 6.73. The van der Waals surface area contributed by atoms with E-state index in [1.807, 2.05) is 6.07 Å². The minimum absolute atomic E-state index is 0.456. The molecule has 1 heterocycles. The number of benzene rings is 1. The molecule has 1 aliphatic rings. The molecule has 61 valence electrons. The smallest absolute Gasteiger partial charge is 0.123 e. The summed E-state index contributed by atoms with van der Waals surface area (Å²) in [7, 11) is 0. The van der Waals surface area contributed by atoms with E-state index in [0.29, 0.717) is 6.04 Å². The van der Waals surface area contributed by atoms with Gasteiger partial charge in [0.05, 0.1) is 6.04 Å².